The Morgan fingerprint density at radius 2 is 1.90 bits per heavy atom. The maximum absolute atomic E-state index is 12.0. The summed E-state index contributed by atoms with van der Waals surface area (Å²) in [4.78, 5) is 19.8. The standard InChI is InChI=1S/C12H8Cl3N3O2/c1-5-3-17-8(4-16-5)12(20)18-10-9(15)6(13)2-7(14)11(10)19/h2-4,19H,1H3,(H,18,20). The molecule has 104 valence electrons. The summed E-state index contributed by atoms with van der Waals surface area (Å²) in [7, 11) is 0. The first-order chi connectivity index (χ1) is 9.40. The molecule has 5 nitrogen and oxygen atoms in total. The normalized spacial score (nSPS) is 10.4. The maximum atomic E-state index is 12.0. The van der Waals surface area contributed by atoms with Crippen molar-refractivity contribution < 1.29 is 9.90 Å². The molecule has 1 heterocycles. The van der Waals surface area contributed by atoms with Crippen molar-refractivity contribution in [3.05, 3.63) is 44.9 Å². The summed E-state index contributed by atoms with van der Waals surface area (Å²) in [6, 6.07) is 1.28. The molecular weight excluding hydrogens is 325 g/mol. The number of aromatic hydroxyl groups is 1. The Labute approximate surface area is 129 Å². The van der Waals surface area contributed by atoms with Crippen LogP contribution in [-0.4, -0.2) is 21.0 Å². The van der Waals surface area contributed by atoms with Crippen molar-refractivity contribution in [2.24, 2.45) is 0 Å². The van der Waals surface area contributed by atoms with Crippen molar-refractivity contribution in [2.45, 2.75) is 6.92 Å². The molecule has 0 atom stereocenters. The summed E-state index contributed by atoms with van der Waals surface area (Å²) in [5.41, 5.74) is 0.673. The molecule has 0 aliphatic rings. The van der Waals surface area contributed by atoms with Crippen molar-refractivity contribution in [1.29, 1.82) is 0 Å². The highest BCUT2D eigenvalue weighted by Gasteiger charge is 2.18. The number of aromatic nitrogens is 2. The molecule has 0 saturated carbocycles. The molecule has 2 aromatic rings. The summed E-state index contributed by atoms with van der Waals surface area (Å²) < 4.78 is 0. The zero-order valence-electron chi connectivity index (χ0n) is 10.1. The van der Waals surface area contributed by atoms with Gasteiger partial charge in [-0.05, 0) is 13.0 Å². The zero-order chi connectivity index (χ0) is 14.9. The van der Waals surface area contributed by atoms with Gasteiger partial charge in [-0.25, -0.2) is 4.98 Å². The summed E-state index contributed by atoms with van der Waals surface area (Å²) in [5, 5.41) is 12.3. The average Bonchev–Trinajstić information content (AvgIpc) is 2.42. The van der Waals surface area contributed by atoms with Crippen LogP contribution in [0.4, 0.5) is 5.69 Å². The number of halogens is 3. The van der Waals surface area contributed by atoms with E-state index in [0.29, 0.717) is 5.69 Å². The molecule has 1 amide bonds. The molecule has 0 bridgehead atoms. The van der Waals surface area contributed by atoms with E-state index in [9.17, 15) is 9.90 Å². The van der Waals surface area contributed by atoms with Crippen LogP contribution in [0.15, 0.2) is 18.5 Å². The summed E-state index contributed by atoms with van der Waals surface area (Å²) in [6.45, 7) is 1.74. The minimum absolute atomic E-state index is 0.0120. The van der Waals surface area contributed by atoms with E-state index >= 15 is 0 Å². The monoisotopic (exact) mass is 331 g/mol. The van der Waals surface area contributed by atoms with E-state index in [-0.39, 0.29) is 32.2 Å². The molecule has 0 radical (unpaired) electrons. The number of anilines is 1. The molecule has 1 aromatic carbocycles. The van der Waals surface area contributed by atoms with Crippen LogP contribution in [0.3, 0.4) is 0 Å². The molecule has 0 aliphatic carbocycles. The first-order valence-corrected chi connectivity index (χ1v) is 6.50. The number of carbonyl (C=O) groups is 1. The Bertz CT molecular complexity index is 648. The number of phenols is 1. The van der Waals surface area contributed by atoms with Crippen molar-refractivity contribution in [1.82, 2.24) is 9.97 Å². The third-order valence-electron chi connectivity index (χ3n) is 2.40. The molecule has 1 aromatic heterocycles. The fraction of sp³-hybridized carbons (Fsp3) is 0.0833. The Hall–Kier alpha value is -1.56. The van der Waals surface area contributed by atoms with Gasteiger partial charge in [-0.2, -0.15) is 0 Å². The number of rotatable bonds is 2. The lowest BCUT2D eigenvalue weighted by atomic mass is 10.2. The highest BCUT2D eigenvalue weighted by Crippen LogP contribution is 2.42. The molecule has 0 fully saturated rings. The third-order valence-corrected chi connectivity index (χ3v) is 3.47. The van der Waals surface area contributed by atoms with Gasteiger partial charge in [0, 0.05) is 6.20 Å². The molecule has 8 heteroatoms. The van der Waals surface area contributed by atoms with E-state index in [1.165, 1.54) is 18.5 Å². The molecule has 2 rings (SSSR count). The Balaban J connectivity index is 2.35. The second-order valence-corrected chi connectivity index (χ2v) is 5.07. The molecule has 0 unspecified atom stereocenters. The predicted molar refractivity (Wildman–Crippen MR) is 77.9 cm³/mol. The molecule has 2 N–H and O–H groups in total. The van der Waals surface area contributed by atoms with Gasteiger partial charge in [-0.15, -0.1) is 0 Å². The number of phenolic OH excluding ortho intramolecular Hbond substituents is 1. The van der Waals surface area contributed by atoms with Crippen LogP contribution in [-0.2, 0) is 0 Å². The summed E-state index contributed by atoms with van der Waals surface area (Å²) >= 11 is 17.5. The van der Waals surface area contributed by atoms with Crippen LogP contribution in [0, 0.1) is 6.92 Å². The van der Waals surface area contributed by atoms with Crippen LogP contribution in [0.25, 0.3) is 0 Å². The van der Waals surface area contributed by atoms with E-state index < -0.39 is 5.91 Å². The van der Waals surface area contributed by atoms with E-state index in [4.69, 9.17) is 34.8 Å². The molecule has 0 spiro atoms. The highest BCUT2D eigenvalue weighted by atomic mass is 35.5. The first kappa shape index (κ1) is 14.8. The number of nitrogens with one attached hydrogen (secondary N) is 1. The predicted octanol–water partition coefficient (Wildman–Crippen LogP) is 3.70. The fourth-order valence-corrected chi connectivity index (χ4v) is 2.04. The zero-order valence-corrected chi connectivity index (χ0v) is 12.4. The Morgan fingerprint density at radius 1 is 1.20 bits per heavy atom. The van der Waals surface area contributed by atoms with Crippen molar-refractivity contribution in [3.8, 4) is 5.75 Å². The number of nitrogens with zero attached hydrogens (tertiary/aromatic N) is 2. The number of hydrogen-bond donors (Lipinski definition) is 2. The minimum atomic E-state index is -0.590. The SMILES string of the molecule is Cc1cnc(C(=O)Nc2c(O)c(Cl)cc(Cl)c2Cl)cn1. The van der Waals surface area contributed by atoms with Crippen LogP contribution < -0.4 is 5.32 Å². The van der Waals surface area contributed by atoms with Gasteiger partial charge in [-0.1, -0.05) is 34.8 Å². The molecule has 0 aliphatic heterocycles. The lowest BCUT2D eigenvalue weighted by Crippen LogP contribution is -2.14. The van der Waals surface area contributed by atoms with Crippen LogP contribution in [0.2, 0.25) is 15.1 Å². The number of carbonyl (C=O) groups excluding carboxylic acids is 1. The summed E-state index contributed by atoms with van der Waals surface area (Å²) in [5.74, 6) is -0.956. The minimum Gasteiger partial charge on any atom is -0.504 e. The van der Waals surface area contributed by atoms with Crippen LogP contribution in [0.1, 0.15) is 16.2 Å². The van der Waals surface area contributed by atoms with Crippen molar-refractivity contribution in [2.75, 3.05) is 5.32 Å². The van der Waals surface area contributed by atoms with Gasteiger partial charge < -0.3 is 10.4 Å². The molecule has 0 saturated heterocycles. The maximum Gasteiger partial charge on any atom is 0.276 e. The number of aryl methyl sites for hydroxylation is 1. The fourth-order valence-electron chi connectivity index (χ4n) is 1.39. The van der Waals surface area contributed by atoms with Gasteiger partial charge in [0.1, 0.15) is 11.4 Å². The molecule has 20 heavy (non-hydrogen) atoms. The second-order valence-electron chi connectivity index (χ2n) is 3.87. The quantitative estimate of drug-likeness (QED) is 0.649. The molecular formula is C12H8Cl3N3O2. The van der Waals surface area contributed by atoms with Gasteiger partial charge in [-0.3, -0.25) is 9.78 Å². The van der Waals surface area contributed by atoms with Gasteiger partial charge in [0.25, 0.3) is 5.91 Å². The van der Waals surface area contributed by atoms with E-state index in [2.05, 4.69) is 15.3 Å². The first-order valence-electron chi connectivity index (χ1n) is 5.36. The average molecular weight is 333 g/mol. The smallest absolute Gasteiger partial charge is 0.276 e. The van der Waals surface area contributed by atoms with Gasteiger partial charge in [0.2, 0.25) is 0 Å². The third kappa shape index (κ3) is 2.95. The topological polar surface area (TPSA) is 75.1 Å². The van der Waals surface area contributed by atoms with E-state index in [1.807, 2.05) is 0 Å². The van der Waals surface area contributed by atoms with Gasteiger partial charge >= 0.3 is 0 Å². The van der Waals surface area contributed by atoms with Gasteiger partial charge in [0.05, 0.1) is 27.0 Å². The lowest BCUT2D eigenvalue weighted by molar-refractivity contribution is 0.102. The van der Waals surface area contributed by atoms with Gasteiger partial charge in [0.15, 0.2) is 5.75 Å². The largest absolute Gasteiger partial charge is 0.504 e. The van der Waals surface area contributed by atoms with E-state index in [1.54, 1.807) is 6.92 Å². The lowest BCUT2D eigenvalue weighted by Gasteiger charge is -2.11. The van der Waals surface area contributed by atoms with E-state index in [0.717, 1.165) is 0 Å². The Kier molecular flexibility index (Phi) is 4.32. The summed E-state index contributed by atoms with van der Waals surface area (Å²) in [6.07, 6.45) is 2.75. The highest BCUT2D eigenvalue weighted by molar-refractivity contribution is 6.46. The number of amides is 1. The number of hydrogen-bond acceptors (Lipinski definition) is 4. The van der Waals surface area contributed by atoms with Crippen LogP contribution >= 0.6 is 34.8 Å². The number of benzene rings is 1. The van der Waals surface area contributed by atoms with Crippen LogP contribution in [0.5, 0.6) is 5.75 Å². The second kappa shape index (κ2) is 5.83. The van der Waals surface area contributed by atoms with Crippen molar-refractivity contribution >= 4 is 46.4 Å². The van der Waals surface area contributed by atoms with Crippen molar-refractivity contribution in [3.63, 3.8) is 0 Å². The Morgan fingerprint density at radius 3 is 2.50 bits per heavy atom.